The van der Waals surface area contributed by atoms with Crippen LogP contribution in [0.25, 0.3) is 0 Å². The predicted molar refractivity (Wildman–Crippen MR) is 73.2 cm³/mol. The highest BCUT2D eigenvalue weighted by atomic mass is 32.2. The first-order valence-electron chi connectivity index (χ1n) is 6.96. The first-order chi connectivity index (χ1) is 9.97. The number of carbonyl (C=O) groups excluding carboxylic acids is 1. The van der Waals surface area contributed by atoms with E-state index in [0.29, 0.717) is 31.7 Å². The van der Waals surface area contributed by atoms with Crippen molar-refractivity contribution >= 4 is 15.9 Å². The Kier molecular flexibility index (Phi) is 3.72. The molecule has 9 heteroatoms. The van der Waals surface area contributed by atoms with E-state index in [0.717, 1.165) is 12.8 Å². The fourth-order valence-corrected chi connectivity index (χ4v) is 3.46. The zero-order valence-corrected chi connectivity index (χ0v) is 12.3. The highest BCUT2D eigenvalue weighted by Gasteiger charge is 2.36. The molecular weight excluding hydrogens is 296 g/mol. The minimum absolute atomic E-state index is 0.0272. The Bertz CT molecular complexity index is 644. The van der Waals surface area contributed by atoms with Crippen LogP contribution in [0.5, 0.6) is 0 Å². The molecule has 0 radical (unpaired) electrons. The van der Waals surface area contributed by atoms with Crippen LogP contribution in [0.4, 0.5) is 0 Å². The van der Waals surface area contributed by atoms with Gasteiger partial charge in [-0.1, -0.05) is 0 Å². The average molecular weight is 314 g/mol. The van der Waals surface area contributed by atoms with Crippen molar-refractivity contribution in [3.05, 3.63) is 11.4 Å². The number of amides is 1. The second kappa shape index (κ2) is 5.39. The summed E-state index contributed by atoms with van der Waals surface area (Å²) < 4.78 is 28.8. The quantitative estimate of drug-likeness (QED) is 0.712. The summed E-state index contributed by atoms with van der Waals surface area (Å²) in [6, 6.07) is -0.0272. The van der Waals surface area contributed by atoms with Gasteiger partial charge < -0.3 is 10.1 Å². The first-order valence-corrected chi connectivity index (χ1v) is 8.51. The molecule has 4 N–H and O–H groups in total. The molecule has 1 aliphatic carbocycles. The van der Waals surface area contributed by atoms with Crippen molar-refractivity contribution in [2.75, 3.05) is 13.2 Å². The molecule has 0 aromatic carbocycles. The molecule has 3 rings (SSSR count). The summed E-state index contributed by atoms with van der Waals surface area (Å²) in [7, 11) is -3.99. The number of nitrogens with one attached hydrogen (secondary N) is 2. The molecule has 1 aromatic rings. The van der Waals surface area contributed by atoms with E-state index in [1.807, 2.05) is 0 Å². The molecule has 1 saturated heterocycles. The second-order valence-electron chi connectivity index (χ2n) is 5.49. The van der Waals surface area contributed by atoms with Crippen molar-refractivity contribution in [1.82, 2.24) is 15.5 Å². The molecule has 2 heterocycles. The number of aromatic amines is 1. The summed E-state index contributed by atoms with van der Waals surface area (Å²) in [5, 5.41) is 14.6. The molecule has 2 fully saturated rings. The lowest BCUT2D eigenvalue weighted by Crippen LogP contribution is -2.39. The Morgan fingerprint density at radius 2 is 1.95 bits per heavy atom. The Balaban J connectivity index is 1.85. The highest BCUT2D eigenvalue weighted by Crippen LogP contribution is 2.42. The van der Waals surface area contributed by atoms with E-state index in [9.17, 15) is 13.2 Å². The van der Waals surface area contributed by atoms with Gasteiger partial charge in [0.05, 0.1) is 5.69 Å². The molecule has 1 saturated carbocycles. The van der Waals surface area contributed by atoms with Crippen LogP contribution in [0.3, 0.4) is 0 Å². The monoisotopic (exact) mass is 314 g/mol. The molecule has 8 nitrogen and oxygen atoms in total. The minimum atomic E-state index is -3.99. The van der Waals surface area contributed by atoms with E-state index in [1.165, 1.54) is 0 Å². The van der Waals surface area contributed by atoms with Crippen LogP contribution in [0.15, 0.2) is 4.90 Å². The Morgan fingerprint density at radius 3 is 2.52 bits per heavy atom. The molecule has 0 atom stereocenters. The number of carbonyl (C=O) groups is 1. The van der Waals surface area contributed by atoms with Crippen LogP contribution >= 0.6 is 0 Å². The van der Waals surface area contributed by atoms with Gasteiger partial charge in [-0.3, -0.25) is 9.89 Å². The van der Waals surface area contributed by atoms with E-state index in [1.54, 1.807) is 0 Å². The summed E-state index contributed by atoms with van der Waals surface area (Å²) >= 11 is 0. The van der Waals surface area contributed by atoms with Gasteiger partial charge in [0.1, 0.15) is 4.90 Å². The van der Waals surface area contributed by atoms with Gasteiger partial charge in [0, 0.05) is 25.2 Å². The smallest absolute Gasteiger partial charge is 0.273 e. The number of rotatable bonds is 4. The third kappa shape index (κ3) is 3.09. The number of hydrogen-bond acceptors (Lipinski definition) is 5. The van der Waals surface area contributed by atoms with Crippen molar-refractivity contribution < 1.29 is 17.9 Å². The van der Waals surface area contributed by atoms with Crippen LogP contribution in [0.1, 0.15) is 47.8 Å². The molecular formula is C12H18N4O4S. The lowest BCUT2D eigenvalue weighted by atomic mass is 10.1. The van der Waals surface area contributed by atoms with E-state index in [4.69, 9.17) is 9.88 Å². The van der Waals surface area contributed by atoms with Crippen molar-refractivity contribution in [2.24, 2.45) is 5.14 Å². The van der Waals surface area contributed by atoms with Gasteiger partial charge in [-0.2, -0.15) is 5.10 Å². The maximum atomic E-state index is 12.3. The number of nitrogens with two attached hydrogens (primary N) is 1. The normalized spacial score (nSPS) is 20.4. The van der Waals surface area contributed by atoms with Crippen molar-refractivity contribution in [3.63, 3.8) is 0 Å². The molecule has 21 heavy (non-hydrogen) atoms. The van der Waals surface area contributed by atoms with Crippen molar-refractivity contribution in [1.29, 1.82) is 0 Å². The number of ether oxygens (including phenoxy) is 1. The predicted octanol–water partition coefficient (Wildman–Crippen LogP) is -0.157. The van der Waals surface area contributed by atoms with Crippen LogP contribution < -0.4 is 10.5 Å². The van der Waals surface area contributed by atoms with Crippen LogP contribution in [-0.2, 0) is 14.8 Å². The largest absolute Gasteiger partial charge is 0.381 e. The molecule has 2 aliphatic rings. The Hall–Kier alpha value is -1.45. The number of aromatic nitrogens is 2. The van der Waals surface area contributed by atoms with E-state index in [-0.39, 0.29) is 22.5 Å². The Morgan fingerprint density at radius 1 is 1.29 bits per heavy atom. The summed E-state index contributed by atoms with van der Waals surface area (Å²) in [5.74, 6) is -0.399. The third-order valence-electron chi connectivity index (χ3n) is 3.79. The fraction of sp³-hybridized carbons (Fsp3) is 0.667. The van der Waals surface area contributed by atoms with E-state index in [2.05, 4.69) is 15.5 Å². The van der Waals surface area contributed by atoms with Gasteiger partial charge in [-0.25, -0.2) is 13.6 Å². The number of hydrogen-bond donors (Lipinski definition) is 3. The van der Waals surface area contributed by atoms with Crippen LogP contribution in [0.2, 0.25) is 0 Å². The van der Waals surface area contributed by atoms with Gasteiger partial charge in [0.15, 0.2) is 5.69 Å². The second-order valence-corrected chi connectivity index (χ2v) is 6.99. The van der Waals surface area contributed by atoms with E-state index >= 15 is 0 Å². The average Bonchev–Trinajstić information content (AvgIpc) is 3.16. The van der Waals surface area contributed by atoms with Gasteiger partial charge in [0.25, 0.3) is 5.91 Å². The molecule has 116 valence electrons. The molecule has 1 aliphatic heterocycles. The first kappa shape index (κ1) is 14.5. The zero-order valence-electron chi connectivity index (χ0n) is 11.5. The summed E-state index contributed by atoms with van der Waals surface area (Å²) in [6.07, 6.45) is 3.17. The summed E-state index contributed by atoms with van der Waals surface area (Å²) in [4.78, 5) is 12.1. The van der Waals surface area contributed by atoms with Gasteiger partial charge in [0.2, 0.25) is 10.0 Å². The lowest BCUT2D eigenvalue weighted by molar-refractivity contribution is 0.0692. The summed E-state index contributed by atoms with van der Waals surface area (Å²) in [5.41, 5.74) is 0.320. The summed E-state index contributed by atoms with van der Waals surface area (Å²) in [6.45, 7) is 1.17. The molecule has 0 bridgehead atoms. The Labute approximate surface area is 122 Å². The highest BCUT2D eigenvalue weighted by molar-refractivity contribution is 7.89. The molecule has 0 spiro atoms. The molecule has 0 unspecified atom stereocenters. The lowest BCUT2D eigenvalue weighted by Gasteiger charge is -2.22. The standard InChI is InChI=1S/C12H18N4O4S/c13-21(18,19)11-9(7-1-2-7)15-16-10(11)12(17)14-8-3-5-20-6-4-8/h7-8H,1-6H2,(H,14,17)(H,15,16)(H2,13,18,19). The van der Waals surface area contributed by atoms with E-state index < -0.39 is 15.9 Å². The van der Waals surface area contributed by atoms with Crippen LogP contribution in [0, 0.1) is 0 Å². The minimum Gasteiger partial charge on any atom is -0.381 e. The van der Waals surface area contributed by atoms with Crippen LogP contribution in [-0.4, -0.2) is 43.8 Å². The molecule has 1 aromatic heterocycles. The number of sulfonamides is 1. The van der Waals surface area contributed by atoms with Gasteiger partial charge in [-0.15, -0.1) is 0 Å². The number of H-pyrrole nitrogens is 1. The van der Waals surface area contributed by atoms with Crippen molar-refractivity contribution in [3.8, 4) is 0 Å². The van der Waals surface area contributed by atoms with Gasteiger partial charge in [-0.05, 0) is 25.7 Å². The SMILES string of the molecule is NS(=O)(=O)c1c(C(=O)NC2CCOCC2)n[nH]c1C1CC1. The fourth-order valence-electron chi connectivity index (χ4n) is 2.53. The van der Waals surface area contributed by atoms with Crippen molar-refractivity contribution in [2.45, 2.75) is 42.5 Å². The van der Waals surface area contributed by atoms with Gasteiger partial charge >= 0.3 is 0 Å². The topological polar surface area (TPSA) is 127 Å². The third-order valence-corrected chi connectivity index (χ3v) is 4.77. The molecule has 1 amide bonds. The maximum absolute atomic E-state index is 12.3. The maximum Gasteiger partial charge on any atom is 0.273 e. The number of primary sulfonamides is 1. The zero-order chi connectivity index (χ0) is 15.0. The number of nitrogens with zero attached hydrogens (tertiary/aromatic N) is 1.